The molecular weight excluding hydrogens is 143 g/mol. The van der Waals surface area contributed by atoms with E-state index < -0.39 is 0 Å². The molecule has 0 N–H and O–H groups in total. The first-order chi connectivity index (χ1) is 3.81. The summed E-state index contributed by atoms with van der Waals surface area (Å²) in [7, 11) is 0. The summed E-state index contributed by atoms with van der Waals surface area (Å²) in [6.07, 6.45) is 3.07. The molecule has 1 atom stereocenters. The Morgan fingerprint density at radius 1 is 1.50 bits per heavy atom. The van der Waals surface area contributed by atoms with Gasteiger partial charge in [-0.15, -0.1) is 23.2 Å². The van der Waals surface area contributed by atoms with E-state index in [2.05, 4.69) is 6.92 Å². The minimum atomic E-state index is 0.579. The molecule has 0 nitrogen and oxygen atoms in total. The van der Waals surface area contributed by atoms with Gasteiger partial charge in [0, 0.05) is 11.8 Å². The van der Waals surface area contributed by atoms with Gasteiger partial charge in [-0.2, -0.15) is 0 Å². The lowest BCUT2D eigenvalue weighted by atomic mass is 10.1. The minimum Gasteiger partial charge on any atom is -0.126 e. The fourth-order valence-electron chi connectivity index (χ4n) is 0.411. The largest absolute Gasteiger partial charge is 0.126 e. The molecule has 0 aromatic rings. The molecule has 49 valence electrons. The number of halogens is 2. The summed E-state index contributed by atoms with van der Waals surface area (Å²) in [5.41, 5.74) is 0. The molecule has 0 amide bonds. The van der Waals surface area contributed by atoms with Crippen LogP contribution in [0.2, 0.25) is 0 Å². The first-order valence-electron chi connectivity index (χ1n) is 2.74. The highest BCUT2D eigenvalue weighted by atomic mass is 35.5. The number of alkyl halides is 2. The monoisotopic (exact) mass is 153 g/mol. The number of hydrogen-bond donors (Lipinski definition) is 0. The summed E-state index contributed by atoms with van der Waals surface area (Å²) >= 11 is 10.9. The van der Waals surface area contributed by atoms with Crippen LogP contribution in [-0.2, 0) is 0 Å². The van der Waals surface area contributed by atoms with Crippen LogP contribution in [0.5, 0.6) is 0 Å². The van der Waals surface area contributed by atoms with Crippen LogP contribution in [0.25, 0.3) is 0 Å². The maximum absolute atomic E-state index is 5.52. The molecule has 0 aromatic heterocycles. The van der Waals surface area contributed by atoms with E-state index in [0.717, 1.165) is 12.3 Å². The normalized spacial score (nSPS) is 13.9. The van der Waals surface area contributed by atoms with Gasteiger partial charge in [0.05, 0.1) is 0 Å². The van der Waals surface area contributed by atoms with Gasteiger partial charge in [-0.25, -0.2) is 0 Å². The third-order valence-electron chi connectivity index (χ3n) is 0.942. The number of hydrogen-bond acceptors (Lipinski definition) is 0. The minimum absolute atomic E-state index is 0.579. The van der Waals surface area contributed by atoms with E-state index in [1.54, 1.807) is 0 Å². The zero-order valence-electron chi connectivity index (χ0n) is 5.03. The Bertz CT molecular complexity index is 45.8. The topological polar surface area (TPSA) is 0 Å². The molecule has 0 saturated carbocycles. The second-order valence-corrected chi connectivity index (χ2v) is 2.56. The molecule has 1 unspecified atom stereocenters. The highest BCUT2D eigenvalue weighted by molar-refractivity contribution is 6.18. The highest BCUT2D eigenvalue weighted by Gasteiger charge is 1.96. The number of rotatable bonds is 4. The van der Waals surface area contributed by atoms with Crippen molar-refractivity contribution in [2.75, 3.05) is 11.8 Å². The lowest BCUT2D eigenvalue weighted by Gasteiger charge is -2.02. The summed E-state index contributed by atoms with van der Waals surface area (Å²) in [4.78, 5) is 0. The molecule has 8 heavy (non-hydrogen) atoms. The SMILES string of the molecule is CC(CCl)C[CH]CCl. The van der Waals surface area contributed by atoms with E-state index in [9.17, 15) is 0 Å². The Morgan fingerprint density at radius 2 is 2.12 bits per heavy atom. The van der Waals surface area contributed by atoms with Crippen LogP contribution in [-0.4, -0.2) is 11.8 Å². The molecule has 1 radical (unpaired) electrons. The van der Waals surface area contributed by atoms with Gasteiger partial charge in [-0.1, -0.05) is 6.92 Å². The zero-order valence-corrected chi connectivity index (χ0v) is 6.54. The van der Waals surface area contributed by atoms with Crippen molar-refractivity contribution in [1.29, 1.82) is 0 Å². The van der Waals surface area contributed by atoms with Crippen molar-refractivity contribution in [3.8, 4) is 0 Å². The van der Waals surface area contributed by atoms with Crippen molar-refractivity contribution < 1.29 is 0 Å². The fourth-order valence-corrected chi connectivity index (χ4v) is 0.662. The maximum atomic E-state index is 5.52. The summed E-state index contributed by atoms with van der Waals surface area (Å²) in [6, 6.07) is 0. The van der Waals surface area contributed by atoms with E-state index >= 15 is 0 Å². The van der Waals surface area contributed by atoms with Gasteiger partial charge in [0.25, 0.3) is 0 Å². The van der Waals surface area contributed by atoms with Gasteiger partial charge in [0.15, 0.2) is 0 Å². The Kier molecular flexibility index (Phi) is 6.13. The van der Waals surface area contributed by atoms with Gasteiger partial charge in [-0.05, 0) is 18.8 Å². The molecule has 0 spiro atoms. The van der Waals surface area contributed by atoms with E-state index in [4.69, 9.17) is 23.2 Å². The average molecular weight is 154 g/mol. The van der Waals surface area contributed by atoms with Crippen LogP contribution < -0.4 is 0 Å². The first kappa shape index (κ1) is 8.58. The standard InChI is InChI=1S/C6H11Cl2/c1-6(5-8)3-2-4-7/h2,6H,3-5H2,1H3. The second kappa shape index (κ2) is 5.71. The average Bonchev–Trinajstić information content (AvgIpc) is 1.83. The van der Waals surface area contributed by atoms with E-state index in [0.29, 0.717) is 11.8 Å². The Hall–Kier alpha value is 0.580. The van der Waals surface area contributed by atoms with E-state index in [-0.39, 0.29) is 0 Å². The Morgan fingerprint density at radius 3 is 2.50 bits per heavy atom. The maximum Gasteiger partial charge on any atom is 0.0254 e. The van der Waals surface area contributed by atoms with Crippen molar-refractivity contribution in [2.24, 2.45) is 5.92 Å². The van der Waals surface area contributed by atoms with Crippen molar-refractivity contribution in [1.82, 2.24) is 0 Å². The van der Waals surface area contributed by atoms with Crippen LogP contribution in [0.15, 0.2) is 0 Å². The Balaban J connectivity index is 2.86. The second-order valence-electron chi connectivity index (χ2n) is 1.94. The molecule has 0 heterocycles. The van der Waals surface area contributed by atoms with E-state index in [1.807, 2.05) is 6.42 Å². The lowest BCUT2D eigenvalue weighted by Crippen LogP contribution is -1.95. The van der Waals surface area contributed by atoms with Gasteiger partial charge >= 0.3 is 0 Å². The van der Waals surface area contributed by atoms with Gasteiger partial charge in [0.1, 0.15) is 0 Å². The van der Waals surface area contributed by atoms with Gasteiger partial charge in [-0.3, -0.25) is 0 Å². The van der Waals surface area contributed by atoms with Crippen LogP contribution >= 0.6 is 23.2 Å². The van der Waals surface area contributed by atoms with Crippen molar-refractivity contribution in [2.45, 2.75) is 13.3 Å². The summed E-state index contributed by atoms with van der Waals surface area (Å²) in [5.74, 6) is 1.95. The van der Waals surface area contributed by atoms with Crippen LogP contribution in [0, 0.1) is 12.3 Å². The lowest BCUT2D eigenvalue weighted by molar-refractivity contribution is 0.647. The van der Waals surface area contributed by atoms with Crippen molar-refractivity contribution in [3.63, 3.8) is 0 Å². The molecule has 0 aliphatic carbocycles. The van der Waals surface area contributed by atoms with Gasteiger partial charge < -0.3 is 0 Å². The predicted molar refractivity (Wildman–Crippen MR) is 39.5 cm³/mol. The van der Waals surface area contributed by atoms with Crippen LogP contribution in [0.1, 0.15) is 13.3 Å². The van der Waals surface area contributed by atoms with Crippen LogP contribution in [0.4, 0.5) is 0 Å². The molecule has 0 aliphatic rings. The highest BCUT2D eigenvalue weighted by Crippen LogP contribution is 2.06. The smallest absolute Gasteiger partial charge is 0.0254 e. The molecular formula is C6H11Cl2. The Labute approximate surface area is 61.2 Å². The molecule has 0 bridgehead atoms. The molecule has 0 saturated heterocycles. The zero-order chi connectivity index (χ0) is 6.41. The van der Waals surface area contributed by atoms with Crippen LogP contribution in [0.3, 0.4) is 0 Å². The molecule has 0 fully saturated rings. The first-order valence-corrected chi connectivity index (χ1v) is 3.81. The molecule has 0 aliphatic heterocycles. The third-order valence-corrected chi connectivity index (χ3v) is 1.69. The van der Waals surface area contributed by atoms with Gasteiger partial charge in [0.2, 0.25) is 0 Å². The molecule has 2 heteroatoms. The molecule has 0 rings (SSSR count). The summed E-state index contributed by atoms with van der Waals surface area (Å²) in [6.45, 7) is 2.11. The van der Waals surface area contributed by atoms with E-state index in [1.165, 1.54) is 0 Å². The third kappa shape index (κ3) is 4.73. The van der Waals surface area contributed by atoms with Crippen molar-refractivity contribution >= 4 is 23.2 Å². The molecule has 0 aromatic carbocycles. The summed E-state index contributed by atoms with van der Waals surface area (Å²) < 4.78 is 0. The fraction of sp³-hybridized carbons (Fsp3) is 0.833. The quantitative estimate of drug-likeness (QED) is 0.546. The summed E-state index contributed by atoms with van der Waals surface area (Å²) in [5, 5.41) is 0. The predicted octanol–water partition coefficient (Wildman–Crippen LogP) is 2.69. The van der Waals surface area contributed by atoms with Crippen molar-refractivity contribution in [3.05, 3.63) is 6.42 Å².